The molecule has 0 unspecified atom stereocenters. The zero-order valence-corrected chi connectivity index (χ0v) is 19.9. The number of benzene rings is 1. The predicted molar refractivity (Wildman–Crippen MR) is 123 cm³/mol. The highest BCUT2D eigenvalue weighted by Gasteiger charge is 2.23. The van der Waals surface area contributed by atoms with Gasteiger partial charge >= 0.3 is 5.97 Å². The van der Waals surface area contributed by atoms with E-state index >= 15 is 0 Å². The van der Waals surface area contributed by atoms with Gasteiger partial charge in [-0.25, -0.2) is 4.79 Å². The molecule has 12 heteroatoms. The summed E-state index contributed by atoms with van der Waals surface area (Å²) in [4.78, 5) is 28.2. The molecule has 0 bridgehead atoms. The third-order valence-electron chi connectivity index (χ3n) is 4.26. The summed E-state index contributed by atoms with van der Waals surface area (Å²) >= 11 is 2.99. The number of carbonyl (C=O) groups is 2. The molecule has 0 aliphatic carbocycles. The standard InChI is InChI=1S/C20H20F2N4O3S3/c1-4-29-17(28)15-10(2)16(23-11(15)3)14(27)9-30-20-26-25-19(32-20)24-12-5-7-13(8-6-12)31-18(21)22/h5-8,18,23H,4,9H2,1-3H3,(H,24,25). The topological polar surface area (TPSA) is 97.0 Å². The Balaban J connectivity index is 1.59. The molecular weight excluding hydrogens is 478 g/mol. The van der Waals surface area contributed by atoms with Crippen LogP contribution in [0.5, 0.6) is 0 Å². The van der Waals surface area contributed by atoms with E-state index in [1.165, 1.54) is 23.1 Å². The molecule has 3 rings (SSSR count). The lowest BCUT2D eigenvalue weighted by atomic mass is 10.1. The Bertz CT molecular complexity index is 1100. The van der Waals surface area contributed by atoms with Gasteiger partial charge in [-0.1, -0.05) is 34.9 Å². The summed E-state index contributed by atoms with van der Waals surface area (Å²) in [7, 11) is 0. The maximum absolute atomic E-state index is 12.7. The summed E-state index contributed by atoms with van der Waals surface area (Å²) in [5.41, 5.74) is 2.62. The number of hydrogen-bond acceptors (Lipinski definition) is 9. The highest BCUT2D eigenvalue weighted by molar-refractivity contribution is 8.01. The molecule has 1 aromatic carbocycles. The predicted octanol–water partition coefficient (Wildman–Crippen LogP) is 5.69. The summed E-state index contributed by atoms with van der Waals surface area (Å²) in [5.74, 6) is -2.96. The van der Waals surface area contributed by atoms with Crippen molar-refractivity contribution in [3.63, 3.8) is 0 Å². The van der Waals surface area contributed by atoms with Gasteiger partial charge in [0, 0.05) is 16.3 Å². The normalized spacial score (nSPS) is 11.1. The molecule has 0 fully saturated rings. The van der Waals surface area contributed by atoms with Gasteiger partial charge in [-0.05, 0) is 50.6 Å². The minimum Gasteiger partial charge on any atom is -0.462 e. The SMILES string of the molecule is CCOC(=O)c1c(C)[nH]c(C(=O)CSc2nnc(Nc3ccc(SC(F)F)cc3)s2)c1C. The Kier molecular flexibility index (Phi) is 8.26. The number of nitrogens with zero attached hydrogens (tertiary/aromatic N) is 2. The minimum atomic E-state index is -2.46. The van der Waals surface area contributed by atoms with E-state index in [2.05, 4.69) is 20.5 Å². The number of esters is 1. The zero-order valence-electron chi connectivity index (χ0n) is 17.4. The summed E-state index contributed by atoms with van der Waals surface area (Å²) in [6, 6.07) is 6.55. The lowest BCUT2D eigenvalue weighted by Gasteiger charge is -2.03. The molecule has 3 aromatic rings. The number of Topliss-reactive ketones (excluding diaryl/α,β-unsaturated/α-hetero) is 1. The van der Waals surface area contributed by atoms with Crippen molar-refractivity contribution >= 4 is 57.4 Å². The van der Waals surface area contributed by atoms with Crippen LogP contribution in [-0.2, 0) is 4.74 Å². The summed E-state index contributed by atoms with van der Waals surface area (Å²) in [6.07, 6.45) is 0. The number of thioether (sulfide) groups is 2. The van der Waals surface area contributed by atoms with Crippen LogP contribution in [-0.4, -0.2) is 45.1 Å². The van der Waals surface area contributed by atoms with Crippen LogP contribution in [0.25, 0.3) is 0 Å². The third kappa shape index (κ3) is 6.08. The third-order valence-corrected chi connectivity index (χ3v) is 6.95. The van der Waals surface area contributed by atoms with E-state index in [0.29, 0.717) is 54.3 Å². The smallest absolute Gasteiger partial charge is 0.340 e. The first kappa shape index (κ1) is 24.2. The fraction of sp³-hybridized carbons (Fsp3) is 0.300. The zero-order chi connectivity index (χ0) is 23.3. The van der Waals surface area contributed by atoms with Crippen molar-refractivity contribution in [1.29, 1.82) is 0 Å². The van der Waals surface area contributed by atoms with E-state index in [1.807, 2.05) is 0 Å². The summed E-state index contributed by atoms with van der Waals surface area (Å²) in [6.45, 7) is 5.43. The van der Waals surface area contributed by atoms with Gasteiger partial charge in [0.05, 0.1) is 23.6 Å². The van der Waals surface area contributed by atoms with E-state index in [-0.39, 0.29) is 18.1 Å². The molecule has 0 aliphatic heterocycles. The highest BCUT2D eigenvalue weighted by atomic mass is 32.2. The first-order valence-electron chi connectivity index (χ1n) is 9.46. The number of nitrogens with one attached hydrogen (secondary N) is 2. The van der Waals surface area contributed by atoms with Crippen LogP contribution in [0.15, 0.2) is 33.5 Å². The molecule has 2 heterocycles. The first-order valence-corrected chi connectivity index (χ1v) is 12.1. The molecule has 0 aliphatic rings. The molecule has 2 N–H and O–H groups in total. The fourth-order valence-corrected chi connectivity index (χ4v) is 5.04. The van der Waals surface area contributed by atoms with Crippen molar-refractivity contribution in [2.75, 3.05) is 17.7 Å². The number of H-pyrrole nitrogens is 1. The summed E-state index contributed by atoms with van der Waals surface area (Å²) in [5, 5.41) is 11.7. The number of aryl methyl sites for hydroxylation is 1. The van der Waals surface area contributed by atoms with Gasteiger partial charge < -0.3 is 15.0 Å². The van der Waals surface area contributed by atoms with Crippen LogP contribution in [0.3, 0.4) is 0 Å². The van der Waals surface area contributed by atoms with Gasteiger partial charge in [-0.3, -0.25) is 4.79 Å². The molecule has 0 amide bonds. The Morgan fingerprint density at radius 2 is 1.94 bits per heavy atom. The number of carbonyl (C=O) groups excluding carboxylic acids is 2. The van der Waals surface area contributed by atoms with E-state index in [4.69, 9.17) is 4.74 Å². The lowest BCUT2D eigenvalue weighted by Crippen LogP contribution is -2.08. The number of alkyl halides is 2. The highest BCUT2D eigenvalue weighted by Crippen LogP contribution is 2.30. The average Bonchev–Trinajstić information content (AvgIpc) is 3.31. The number of ether oxygens (including phenoxy) is 1. The van der Waals surface area contributed by atoms with E-state index in [1.54, 1.807) is 45.0 Å². The van der Waals surface area contributed by atoms with E-state index < -0.39 is 11.7 Å². The van der Waals surface area contributed by atoms with Gasteiger partial charge in [0.1, 0.15) is 0 Å². The van der Waals surface area contributed by atoms with Crippen molar-refractivity contribution in [3.8, 4) is 0 Å². The molecular formula is C20H20F2N4O3S3. The molecule has 2 aromatic heterocycles. The molecule has 32 heavy (non-hydrogen) atoms. The van der Waals surface area contributed by atoms with Crippen molar-refractivity contribution in [1.82, 2.24) is 15.2 Å². The Labute approximate surface area is 195 Å². The number of halogens is 2. The molecule has 170 valence electrons. The van der Waals surface area contributed by atoms with Gasteiger partial charge in [0.15, 0.2) is 10.1 Å². The van der Waals surface area contributed by atoms with Gasteiger partial charge in [0.2, 0.25) is 5.13 Å². The van der Waals surface area contributed by atoms with Crippen molar-refractivity contribution in [2.45, 2.75) is 35.8 Å². The molecule has 7 nitrogen and oxygen atoms in total. The molecule has 0 saturated heterocycles. The molecule has 0 radical (unpaired) electrons. The van der Waals surface area contributed by atoms with Crippen LogP contribution >= 0.6 is 34.9 Å². The monoisotopic (exact) mass is 498 g/mol. The van der Waals surface area contributed by atoms with Crippen molar-refractivity contribution in [3.05, 3.63) is 46.8 Å². The number of rotatable bonds is 10. The maximum Gasteiger partial charge on any atom is 0.340 e. The number of aromatic nitrogens is 3. The van der Waals surface area contributed by atoms with Crippen LogP contribution in [0.2, 0.25) is 0 Å². The Hall–Kier alpha value is -2.44. The van der Waals surface area contributed by atoms with Crippen LogP contribution < -0.4 is 5.32 Å². The molecule has 0 atom stereocenters. The number of anilines is 2. The number of hydrogen-bond donors (Lipinski definition) is 2. The Morgan fingerprint density at radius 3 is 2.59 bits per heavy atom. The second-order valence-electron chi connectivity index (χ2n) is 6.46. The van der Waals surface area contributed by atoms with Gasteiger partial charge in [0.25, 0.3) is 5.76 Å². The second-order valence-corrected chi connectivity index (χ2v) is 9.72. The van der Waals surface area contributed by atoms with E-state index in [0.717, 1.165) is 0 Å². The maximum atomic E-state index is 12.7. The first-order chi connectivity index (χ1) is 15.3. The van der Waals surface area contributed by atoms with Gasteiger partial charge in [-0.2, -0.15) is 8.78 Å². The number of ketones is 1. The number of aromatic amines is 1. The quantitative estimate of drug-likeness (QED) is 0.209. The average molecular weight is 499 g/mol. The minimum absolute atomic E-state index is 0.122. The van der Waals surface area contributed by atoms with Gasteiger partial charge in [-0.15, -0.1) is 10.2 Å². The summed E-state index contributed by atoms with van der Waals surface area (Å²) < 4.78 is 30.4. The lowest BCUT2D eigenvalue weighted by molar-refractivity contribution is 0.0525. The largest absolute Gasteiger partial charge is 0.462 e. The van der Waals surface area contributed by atoms with Crippen LogP contribution in [0.1, 0.15) is 39.0 Å². The van der Waals surface area contributed by atoms with Crippen molar-refractivity contribution < 1.29 is 23.1 Å². The second kappa shape index (κ2) is 10.9. The van der Waals surface area contributed by atoms with E-state index in [9.17, 15) is 18.4 Å². The van der Waals surface area contributed by atoms with Crippen LogP contribution in [0.4, 0.5) is 19.6 Å². The Morgan fingerprint density at radius 1 is 1.22 bits per heavy atom. The van der Waals surface area contributed by atoms with Crippen LogP contribution in [0, 0.1) is 13.8 Å². The molecule has 0 spiro atoms. The molecule has 0 saturated carbocycles. The fourth-order valence-electron chi connectivity index (χ4n) is 2.90. The van der Waals surface area contributed by atoms with Crippen molar-refractivity contribution in [2.24, 2.45) is 0 Å².